The third kappa shape index (κ3) is 2.62. The van der Waals surface area contributed by atoms with Gasteiger partial charge in [-0.2, -0.15) is 0 Å². The van der Waals surface area contributed by atoms with E-state index in [0.717, 1.165) is 3.92 Å². The summed E-state index contributed by atoms with van der Waals surface area (Å²) in [6.07, 6.45) is 0. The summed E-state index contributed by atoms with van der Waals surface area (Å²) in [6.45, 7) is 2.16. The van der Waals surface area contributed by atoms with Crippen LogP contribution in [0.5, 0.6) is 0 Å². The van der Waals surface area contributed by atoms with Crippen LogP contribution in [0.25, 0.3) is 0 Å². The van der Waals surface area contributed by atoms with Gasteiger partial charge < -0.3 is 0 Å². The van der Waals surface area contributed by atoms with Crippen molar-refractivity contribution in [3.05, 3.63) is 66.8 Å². The van der Waals surface area contributed by atoms with E-state index in [9.17, 15) is 0 Å². The van der Waals surface area contributed by atoms with Gasteiger partial charge in [-0.05, 0) is 19.1 Å². The van der Waals surface area contributed by atoms with Crippen molar-refractivity contribution in [1.29, 1.82) is 0 Å². The van der Waals surface area contributed by atoms with Gasteiger partial charge in [-0.3, -0.25) is 0 Å². The number of hydrogen-bond acceptors (Lipinski definition) is 0. The molecule has 1 aliphatic heterocycles. The molecule has 2 aromatic carbocycles. The Morgan fingerprint density at radius 3 is 2.59 bits per heavy atom. The Hall–Kier alpha value is -0.230. The summed E-state index contributed by atoms with van der Waals surface area (Å²) in [7, 11) is 0. The Bertz CT molecular complexity index is 555. The van der Waals surface area contributed by atoms with Gasteiger partial charge in [0.2, 0.25) is 7.49 Å². The second-order valence-electron chi connectivity index (χ2n) is 4.07. The molecule has 2 heteroatoms. The zero-order chi connectivity index (χ0) is 11.7. The van der Waals surface area contributed by atoms with E-state index in [1.54, 1.807) is 7.14 Å². The van der Waals surface area contributed by atoms with Crippen LogP contribution >= 0.6 is 20.7 Å². The molecule has 86 valence electrons. The van der Waals surface area contributed by atoms with E-state index in [2.05, 4.69) is 59.5 Å². The second kappa shape index (κ2) is 5.18. The van der Waals surface area contributed by atoms with Crippen molar-refractivity contribution in [1.82, 2.24) is 0 Å². The maximum Gasteiger partial charge on any atom is 0.328 e. The fraction of sp³-hybridized carbons (Fsp3) is 0.133. The summed E-state index contributed by atoms with van der Waals surface area (Å²) in [5, 5.41) is 0. The molecule has 2 aromatic rings. The van der Waals surface area contributed by atoms with Gasteiger partial charge in [-0.1, -0.05) is 62.7 Å². The van der Waals surface area contributed by atoms with Gasteiger partial charge in [0, 0.05) is 9.58 Å². The molecule has 3 rings (SSSR count). The van der Waals surface area contributed by atoms with E-state index >= 15 is 0 Å². The molecule has 0 radical (unpaired) electrons. The molecular formula is C15H13I2+. The molecule has 0 spiro atoms. The largest absolute Gasteiger partial charge is 0.328 e. The fourth-order valence-corrected chi connectivity index (χ4v) is 9.72. The van der Waals surface area contributed by atoms with Gasteiger partial charge in [0.05, 0.1) is 3.57 Å². The highest BCUT2D eigenvalue weighted by Gasteiger charge is 2.30. The Labute approximate surface area is 122 Å². The van der Waals surface area contributed by atoms with Crippen molar-refractivity contribution in [2.75, 3.05) is 0 Å². The van der Waals surface area contributed by atoms with Crippen molar-refractivity contribution in [3.8, 4) is 0 Å². The summed E-state index contributed by atoms with van der Waals surface area (Å²) >= 11 is 0.236. The first kappa shape index (κ1) is 11.8. The van der Waals surface area contributed by atoms with Crippen LogP contribution in [0.15, 0.2) is 48.5 Å². The minimum Gasteiger partial charge on any atom is -0.0802 e. The molecule has 0 saturated carbocycles. The molecule has 0 aliphatic carbocycles. The number of aryl methyl sites for hydroxylation is 1. The summed E-state index contributed by atoms with van der Waals surface area (Å²) in [5.41, 5.74) is 2.88. The van der Waals surface area contributed by atoms with Crippen LogP contribution < -0.4 is 21.2 Å². The molecular weight excluding hydrogens is 434 g/mol. The van der Waals surface area contributed by atoms with Crippen LogP contribution in [0, 0.1) is 14.1 Å². The number of benzene rings is 2. The molecule has 0 bridgehead atoms. The van der Waals surface area contributed by atoms with Crippen LogP contribution in [-0.4, -0.2) is 4.01 Å². The standard InChI is InChI=1S/C15H13I2/c1-11-6-8-12(9-7-11)15-10-16-13-4-2-3-5-14(13)17-15/h2-10,15H,1H3/q+1. The molecule has 1 unspecified atom stereocenters. The number of fused-ring (bicyclic) bond motifs is 1. The van der Waals surface area contributed by atoms with E-state index in [1.807, 2.05) is 0 Å². The Kier molecular flexibility index (Phi) is 3.61. The van der Waals surface area contributed by atoms with Crippen LogP contribution in [0.4, 0.5) is 0 Å². The third-order valence-electron chi connectivity index (χ3n) is 2.75. The van der Waals surface area contributed by atoms with Crippen molar-refractivity contribution >= 4 is 24.7 Å². The third-order valence-corrected chi connectivity index (χ3v) is 11.2. The van der Waals surface area contributed by atoms with Crippen LogP contribution in [0.1, 0.15) is 15.1 Å². The Morgan fingerprint density at radius 2 is 1.76 bits per heavy atom. The fourth-order valence-electron chi connectivity index (χ4n) is 1.78. The lowest BCUT2D eigenvalue weighted by molar-refractivity contribution is -0.652. The summed E-state index contributed by atoms with van der Waals surface area (Å²) in [6, 6.07) is 18.2. The van der Waals surface area contributed by atoms with Gasteiger partial charge in [0.1, 0.15) is 0 Å². The lowest BCUT2D eigenvalue weighted by Crippen LogP contribution is -3.63. The number of halogens is 2. The average molecular weight is 447 g/mol. The second-order valence-corrected chi connectivity index (χ2v) is 9.70. The molecule has 0 nitrogen and oxygen atoms in total. The van der Waals surface area contributed by atoms with Crippen LogP contribution in [0.2, 0.25) is 0 Å². The van der Waals surface area contributed by atoms with Gasteiger partial charge in [-0.15, -0.1) is 0 Å². The molecule has 17 heavy (non-hydrogen) atoms. The van der Waals surface area contributed by atoms with E-state index in [1.165, 1.54) is 11.1 Å². The summed E-state index contributed by atoms with van der Waals surface area (Å²) in [4.78, 5) is 0. The lowest BCUT2D eigenvalue weighted by atomic mass is 10.1. The molecule has 1 atom stereocenters. The lowest BCUT2D eigenvalue weighted by Gasteiger charge is -2.07. The molecule has 0 aromatic heterocycles. The normalized spacial score (nSPS) is 18.3. The van der Waals surface area contributed by atoms with Gasteiger partial charge in [0.15, 0.2) is 0 Å². The maximum atomic E-state index is 2.61. The smallest absolute Gasteiger partial charge is 0.0802 e. The number of rotatable bonds is 1. The average Bonchev–Trinajstić information content (AvgIpc) is 2.39. The zero-order valence-corrected chi connectivity index (χ0v) is 13.8. The van der Waals surface area contributed by atoms with Crippen molar-refractivity contribution < 1.29 is 21.2 Å². The van der Waals surface area contributed by atoms with E-state index in [-0.39, 0.29) is 41.9 Å². The van der Waals surface area contributed by atoms with E-state index in [4.69, 9.17) is 0 Å². The first-order valence-corrected chi connectivity index (χ1v) is 10.2. The monoisotopic (exact) mass is 447 g/mol. The van der Waals surface area contributed by atoms with E-state index in [0.29, 0.717) is 0 Å². The molecule has 0 saturated heterocycles. The van der Waals surface area contributed by atoms with Crippen molar-refractivity contribution in [2.45, 2.75) is 10.8 Å². The zero-order valence-electron chi connectivity index (χ0n) is 9.53. The highest BCUT2D eigenvalue weighted by atomic mass is 127. The minimum absolute atomic E-state index is 0.112. The predicted octanol–water partition coefficient (Wildman–Crippen LogP) is 0.951. The summed E-state index contributed by atoms with van der Waals surface area (Å²) < 4.78 is 6.69. The van der Waals surface area contributed by atoms with Gasteiger partial charge in [0.25, 0.3) is 0 Å². The van der Waals surface area contributed by atoms with Crippen molar-refractivity contribution in [3.63, 3.8) is 0 Å². The molecule has 0 amide bonds. The van der Waals surface area contributed by atoms with Crippen LogP contribution in [-0.2, 0) is 0 Å². The molecule has 1 aliphatic rings. The molecule has 0 N–H and O–H groups in total. The highest BCUT2D eigenvalue weighted by Crippen LogP contribution is 2.17. The maximum absolute atomic E-state index is 2.61. The van der Waals surface area contributed by atoms with E-state index < -0.39 is 0 Å². The Balaban J connectivity index is 1.92. The quantitative estimate of drug-likeness (QED) is 0.452. The SMILES string of the molecule is Cc1ccc(C2C=Ic3ccccc3[I+]2)cc1. The Morgan fingerprint density at radius 1 is 1.00 bits per heavy atom. The van der Waals surface area contributed by atoms with Gasteiger partial charge in [-0.25, -0.2) is 0 Å². The first-order chi connectivity index (χ1) is 8.33. The van der Waals surface area contributed by atoms with Gasteiger partial charge >= 0.3 is 21.2 Å². The van der Waals surface area contributed by atoms with Crippen LogP contribution in [0.3, 0.4) is 0 Å². The summed E-state index contributed by atoms with van der Waals surface area (Å²) in [5.74, 6) is 0. The first-order valence-electron chi connectivity index (χ1n) is 5.59. The predicted molar refractivity (Wildman–Crippen MR) is 77.8 cm³/mol. The number of alkyl halides is 1. The van der Waals surface area contributed by atoms with Crippen molar-refractivity contribution in [2.24, 2.45) is 0 Å². The minimum atomic E-state index is 0.112. The topological polar surface area (TPSA) is 0 Å². The molecule has 0 fully saturated rings. The highest BCUT2D eigenvalue weighted by molar-refractivity contribution is 14.2. The molecule has 1 heterocycles. The number of hydrogen-bond donors (Lipinski definition) is 0.